The summed E-state index contributed by atoms with van der Waals surface area (Å²) in [7, 11) is 0. The fourth-order valence-electron chi connectivity index (χ4n) is 2.48. The van der Waals surface area contributed by atoms with Gasteiger partial charge in [-0.3, -0.25) is 4.79 Å². The number of hydrogen-bond acceptors (Lipinski definition) is 5. The lowest BCUT2D eigenvalue weighted by Gasteiger charge is -2.32. The lowest BCUT2D eigenvalue weighted by atomic mass is 9.90. The summed E-state index contributed by atoms with van der Waals surface area (Å²) >= 11 is 1.34. The molecule has 0 bridgehead atoms. The predicted molar refractivity (Wildman–Crippen MR) is 77.2 cm³/mol. The van der Waals surface area contributed by atoms with Crippen LogP contribution >= 0.6 is 11.5 Å². The monoisotopic (exact) mass is 289 g/mol. The first-order valence-electron chi connectivity index (χ1n) is 6.57. The number of nitrogens with zero attached hydrogens (tertiary/aromatic N) is 3. The number of rotatable bonds is 3. The molecule has 0 amide bonds. The van der Waals surface area contributed by atoms with Crippen molar-refractivity contribution in [3.63, 3.8) is 0 Å². The zero-order valence-electron chi connectivity index (χ0n) is 11.1. The lowest BCUT2D eigenvalue weighted by molar-refractivity contribution is -0.138. The number of anilines is 1. The SMILES string of the molecule is CCc1nsc(N2Cc3ccccc3C(C(=O)O)C2)n1. The molecule has 1 aromatic carbocycles. The first-order chi connectivity index (χ1) is 9.69. The summed E-state index contributed by atoms with van der Waals surface area (Å²) in [6.07, 6.45) is 0.795. The fourth-order valence-corrected chi connectivity index (χ4v) is 3.24. The highest BCUT2D eigenvalue weighted by atomic mass is 32.1. The van der Waals surface area contributed by atoms with E-state index in [1.807, 2.05) is 36.1 Å². The molecule has 0 saturated carbocycles. The number of fused-ring (bicyclic) bond motifs is 1. The Labute approximate surface area is 121 Å². The van der Waals surface area contributed by atoms with E-state index in [0.717, 1.165) is 28.5 Å². The van der Waals surface area contributed by atoms with E-state index in [2.05, 4.69) is 9.36 Å². The van der Waals surface area contributed by atoms with Crippen LogP contribution in [0.3, 0.4) is 0 Å². The third kappa shape index (κ3) is 2.27. The van der Waals surface area contributed by atoms with Crippen molar-refractivity contribution in [2.75, 3.05) is 11.4 Å². The van der Waals surface area contributed by atoms with E-state index in [1.54, 1.807) is 0 Å². The summed E-state index contributed by atoms with van der Waals surface area (Å²) < 4.78 is 4.28. The highest BCUT2D eigenvalue weighted by Crippen LogP contribution is 2.32. The van der Waals surface area contributed by atoms with Gasteiger partial charge in [0.25, 0.3) is 0 Å². The van der Waals surface area contributed by atoms with Crippen molar-refractivity contribution in [1.29, 1.82) is 0 Å². The smallest absolute Gasteiger partial charge is 0.312 e. The van der Waals surface area contributed by atoms with Crippen LogP contribution in [0.25, 0.3) is 0 Å². The normalized spacial score (nSPS) is 17.9. The number of carboxylic acids is 1. The van der Waals surface area contributed by atoms with Crippen LogP contribution in [0, 0.1) is 0 Å². The second-order valence-corrected chi connectivity index (χ2v) is 5.55. The number of carbonyl (C=O) groups is 1. The van der Waals surface area contributed by atoms with Gasteiger partial charge in [-0.2, -0.15) is 4.37 Å². The molecule has 0 radical (unpaired) electrons. The van der Waals surface area contributed by atoms with Crippen molar-refractivity contribution in [2.24, 2.45) is 0 Å². The number of carboxylic acid groups (broad SMARTS) is 1. The summed E-state index contributed by atoms with van der Waals surface area (Å²) in [6, 6.07) is 7.73. The summed E-state index contributed by atoms with van der Waals surface area (Å²) in [5.74, 6) is -0.480. The van der Waals surface area contributed by atoms with Gasteiger partial charge < -0.3 is 10.0 Å². The predicted octanol–water partition coefficient (Wildman–Crippen LogP) is 2.29. The van der Waals surface area contributed by atoms with Gasteiger partial charge in [-0.05, 0) is 11.1 Å². The Morgan fingerprint density at radius 2 is 2.30 bits per heavy atom. The van der Waals surface area contributed by atoms with Crippen LogP contribution in [0.2, 0.25) is 0 Å². The van der Waals surface area contributed by atoms with Gasteiger partial charge in [0, 0.05) is 31.0 Å². The first kappa shape index (κ1) is 13.1. The van der Waals surface area contributed by atoms with E-state index in [-0.39, 0.29) is 0 Å². The summed E-state index contributed by atoms with van der Waals surface area (Å²) in [5.41, 5.74) is 1.97. The van der Waals surface area contributed by atoms with Crippen molar-refractivity contribution in [1.82, 2.24) is 9.36 Å². The molecule has 1 aliphatic rings. The van der Waals surface area contributed by atoms with Crippen molar-refractivity contribution >= 4 is 22.6 Å². The van der Waals surface area contributed by atoms with E-state index in [1.165, 1.54) is 11.5 Å². The second-order valence-electron chi connectivity index (χ2n) is 4.82. The van der Waals surface area contributed by atoms with E-state index < -0.39 is 11.9 Å². The molecule has 1 N–H and O–H groups in total. The Morgan fingerprint density at radius 3 is 3.00 bits per heavy atom. The molecule has 1 unspecified atom stereocenters. The largest absolute Gasteiger partial charge is 0.481 e. The molecule has 1 aromatic heterocycles. The molecule has 3 rings (SSSR count). The Hall–Kier alpha value is -1.95. The minimum atomic E-state index is -0.789. The Balaban J connectivity index is 1.95. The average Bonchev–Trinajstić information content (AvgIpc) is 2.95. The van der Waals surface area contributed by atoms with Crippen LogP contribution in [-0.4, -0.2) is 27.0 Å². The molecule has 104 valence electrons. The van der Waals surface area contributed by atoms with Gasteiger partial charge in [0.05, 0.1) is 5.92 Å². The van der Waals surface area contributed by atoms with Crippen molar-refractivity contribution < 1.29 is 9.90 Å². The molecule has 2 aromatic rings. The van der Waals surface area contributed by atoms with E-state index in [0.29, 0.717) is 13.1 Å². The number of benzene rings is 1. The maximum atomic E-state index is 11.5. The molecule has 1 atom stereocenters. The molecule has 6 heteroatoms. The zero-order chi connectivity index (χ0) is 14.1. The Kier molecular flexibility index (Phi) is 3.40. The van der Waals surface area contributed by atoms with Crippen molar-refractivity contribution in [2.45, 2.75) is 25.8 Å². The average molecular weight is 289 g/mol. The summed E-state index contributed by atoms with van der Waals surface area (Å²) in [6.45, 7) is 3.15. The molecule has 2 heterocycles. The Morgan fingerprint density at radius 1 is 1.50 bits per heavy atom. The first-order valence-corrected chi connectivity index (χ1v) is 7.34. The van der Waals surface area contributed by atoms with Gasteiger partial charge in [-0.25, -0.2) is 4.98 Å². The third-order valence-electron chi connectivity index (χ3n) is 3.54. The number of aryl methyl sites for hydroxylation is 1. The van der Waals surface area contributed by atoms with Crippen LogP contribution in [0.1, 0.15) is 29.8 Å². The van der Waals surface area contributed by atoms with Gasteiger partial charge in [0.2, 0.25) is 5.13 Å². The van der Waals surface area contributed by atoms with Gasteiger partial charge in [-0.15, -0.1) is 0 Å². The minimum Gasteiger partial charge on any atom is -0.481 e. The van der Waals surface area contributed by atoms with Crippen molar-refractivity contribution in [3.05, 3.63) is 41.2 Å². The molecule has 0 aliphatic carbocycles. The second kappa shape index (κ2) is 5.20. The van der Waals surface area contributed by atoms with E-state index in [9.17, 15) is 9.90 Å². The molecule has 0 spiro atoms. The number of aliphatic carboxylic acids is 1. The highest BCUT2D eigenvalue weighted by Gasteiger charge is 2.31. The van der Waals surface area contributed by atoms with Gasteiger partial charge >= 0.3 is 5.97 Å². The molecule has 0 saturated heterocycles. The van der Waals surface area contributed by atoms with Crippen LogP contribution in [-0.2, 0) is 17.8 Å². The Bertz CT molecular complexity index is 641. The highest BCUT2D eigenvalue weighted by molar-refractivity contribution is 7.09. The van der Waals surface area contributed by atoms with Crippen LogP contribution < -0.4 is 4.90 Å². The van der Waals surface area contributed by atoms with E-state index in [4.69, 9.17) is 0 Å². The fraction of sp³-hybridized carbons (Fsp3) is 0.357. The van der Waals surface area contributed by atoms with Crippen LogP contribution in [0.4, 0.5) is 5.13 Å². The standard InChI is InChI=1S/C14H15N3O2S/c1-2-12-15-14(20-16-12)17-7-9-5-3-4-6-10(9)11(8-17)13(18)19/h3-6,11H,2,7-8H2,1H3,(H,18,19). The third-order valence-corrected chi connectivity index (χ3v) is 4.35. The molecule has 5 nitrogen and oxygen atoms in total. The number of hydrogen-bond donors (Lipinski definition) is 1. The molecule has 0 fully saturated rings. The maximum Gasteiger partial charge on any atom is 0.312 e. The van der Waals surface area contributed by atoms with Crippen LogP contribution in [0.5, 0.6) is 0 Å². The summed E-state index contributed by atoms with van der Waals surface area (Å²) in [5, 5.41) is 10.2. The van der Waals surface area contributed by atoms with Gasteiger partial charge in [-0.1, -0.05) is 31.2 Å². The number of aromatic nitrogens is 2. The van der Waals surface area contributed by atoms with E-state index >= 15 is 0 Å². The molecule has 1 aliphatic heterocycles. The summed E-state index contributed by atoms with van der Waals surface area (Å²) in [4.78, 5) is 18.0. The van der Waals surface area contributed by atoms with Crippen LogP contribution in [0.15, 0.2) is 24.3 Å². The maximum absolute atomic E-state index is 11.5. The van der Waals surface area contributed by atoms with Gasteiger partial charge in [0.1, 0.15) is 5.82 Å². The zero-order valence-corrected chi connectivity index (χ0v) is 11.9. The lowest BCUT2D eigenvalue weighted by Crippen LogP contribution is -2.36. The van der Waals surface area contributed by atoms with Gasteiger partial charge in [0.15, 0.2) is 0 Å². The topological polar surface area (TPSA) is 66.3 Å². The minimum absolute atomic E-state index is 0.449. The molecule has 20 heavy (non-hydrogen) atoms. The quantitative estimate of drug-likeness (QED) is 0.939. The molecular weight excluding hydrogens is 274 g/mol. The molecular formula is C14H15N3O2S. The van der Waals surface area contributed by atoms with Crippen molar-refractivity contribution in [3.8, 4) is 0 Å².